The fraction of sp³-hybridized carbons (Fsp3) is 0. The minimum atomic E-state index is -0.258. The van der Waals surface area contributed by atoms with Gasteiger partial charge in [0.05, 0.1) is 27.8 Å². The van der Waals surface area contributed by atoms with Crippen LogP contribution in [0.25, 0.3) is 93.3 Å². The lowest BCUT2D eigenvalue weighted by Gasteiger charge is -2.42. The van der Waals surface area contributed by atoms with Crippen molar-refractivity contribution in [2.45, 2.75) is 0 Å². The Morgan fingerprint density at radius 3 is 2.00 bits per heavy atom. The molecule has 272 valence electrons. The maximum atomic E-state index is 6.88. The highest BCUT2D eigenvalue weighted by atomic mass is 16.6. The normalized spacial score (nSPS) is 13.6. The number of nitrogens with zero attached hydrogens (tertiary/aromatic N) is 2. The Bertz CT molecular complexity index is 3890. The van der Waals surface area contributed by atoms with Crippen molar-refractivity contribution < 1.29 is 18.3 Å². The van der Waals surface area contributed by atoms with Crippen molar-refractivity contribution in [1.82, 2.24) is 4.57 Å². The average molecular weight is 755 g/mol. The summed E-state index contributed by atoms with van der Waals surface area (Å²) < 4.78 is 29.6. The molecule has 6 heterocycles. The number of hydrogen-bond donors (Lipinski definition) is 0. The Morgan fingerprint density at radius 1 is 0.441 bits per heavy atom. The summed E-state index contributed by atoms with van der Waals surface area (Å²) in [6, 6.07) is 57.9. The summed E-state index contributed by atoms with van der Waals surface area (Å²) >= 11 is 0. The molecular formula is C52H27BN2O4. The fourth-order valence-corrected chi connectivity index (χ4v) is 10.7. The molecule has 0 bridgehead atoms. The second kappa shape index (κ2) is 10.5. The largest absolute Gasteiger partial charge is 0.456 e. The van der Waals surface area contributed by atoms with Crippen LogP contribution in [0.3, 0.4) is 0 Å². The number of furan rings is 2. The lowest BCUT2D eigenvalue weighted by Crippen LogP contribution is -2.60. The minimum Gasteiger partial charge on any atom is -0.456 e. The highest BCUT2D eigenvalue weighted by Gasteiger charge is 2.46. The summed E-state index contributed by atoms with van der Waals surface area (Å²) in [6.07, 6.45) is 0. The number of ether oxygens (including phenoxy) is 2. The van der Waals surface area contributed by atoms with E-state index in [2.05, 4.69) is 143 Å². The van der Waals surface area contributed by atoms with Crippen LogP contribution in [0.15, 0.2) is 173 Å². The van der Waals surface area contributed by atoms with Gasteiger partial charge in [-0.3, -0.25) is 0 Å². The van der Waals surface area contributed by atoms with Gasteiger partial charge in [-0.1, -0.05) is 109 Å². The van der Waals surface area contributed by atoms with Gasteiger partial charge in [-0.05, 0) is 75.8 Å². The van der Waals surface area contributed by atoms with E-state index < -0.39 is 0 Å². The summed E-state index contributed by atoms with van der Waals surface area (Å²) in [6.45, 7) is -0.258. The van der Waals surface area contributed by atoms with E-state index in [-0.39, 0.29) is 6.85 Å². The number of anilines is 2. The van der Waals surface area contributed by atoms with Gasteiger partial charge in [0.25, 0.3) is 0 Å². The third-order valence-electron chi connectivity index (χ3n) is 13.0. The van der Waals surface area contributed by atoms with Crippen molar-refractivity contribution in [3.8, 4) is 39.8 Å². The maximum absolute atomic E-state index is 6.88. The van der Waals surface area contributed by atoms with Crippen molar-refractivity contribution >= 4 is 106 Å². The lowest BCUT2D eigenvalue weighted by atomic mass is 9.43. The van der Waals surface area contributed by atoms with E-state index in [1.165, 1.54) is 43.5 Å². The number of aromatic nitrogens is 1. The topological polar surface area (TPSA) is 52.9 Å². The van der Waals surface area contributed by atoms with Crippen LogP contribution in [0.4, 0.5) is 11.4 Å². The molecule has 0 unspecified atom stereocenters. The number of benzene rings is 9. The Balaban J connectivity index is 1.16. The third-order valence-corrected chi connectivity index (χ3v) is 13.0. The quantitative estimate of drug-likeness (QED) is 0.156. The zero-order chi connectivity index (χ0) is 38.1. The fourth-order valence-electron chi connectivity index (χ4n) is 10.7. The predicted octanol–water partition coefficient (Wildman–Crippen LogP) is 12.9. The molecule has 0 atom stereocenters. The average Bonchev–Trinajstić information content (AvgIpc) is 3.97. The van der Waals surface area contributed by atoms with Crippen LogP contribution in [-0.2, 0) is 0 Å². The molecule has 0 aliphatic carbocycles. The molecule has 0 saturated heterocycles. The summed E-state index contributed by atoms with van der Waals surface area (Å²) in [5.74, 6) is 2.70. The standard InChI is InChI=1S/C52H27BN2O4/c1-2-12-29-28(11-1)23-24-37-47(29)33-16-9-17-36-50(33)54(37)51-48-32-14-4-6-20-41(32)56-46(48)26-35-34-25-44-45(58-43-22-8-7-21-42(43)57-44)27-39(34)55(53(36)49(35)51)38-18-10-15-31-30-13-3-5-19-40(30)59-52(31)38/h1-27H. The molecule has 7 heteroatoms. The molecule has 12 aromatic rings. The van der Waals surface area contributed by atoms with Crippen molar-refractivity contribution in [2.75, 3.05) is 4.81 Å². The van der Waals surface area contributed by atoms with Crippen molar-refractivity contribution in [1.29, 1.82) is 0 Å². The third kappa shape index (κ3) is 3.70. The van der Waals surface area contributed by atoms with Crippen LogP contribution < -0.4 is 25.2 Å². The molecule has 0 amide bonds. The molecule has 3 aliphatic heterocycles. The Morgan fingerprint density at radius 2 is 1.14 bits per heavy atom. The van der Waals surface area contributed by atoms with Gasteiger partial charge in [0.15, 0.2) is 28.6 Å². The minimum absolute atomic E-state index is 0.258. The smallest absolute Gasteiger partial charge is 0.333 e. The number of rotatable bonds is 1. The van der Waals surface area contributed by atoms with E-state index in [4.69, 9.17) is 18.3 Å². The molecule has 9 aromatic carbocycles. The first kappa shape index (κ1) is 30.3. The molecule has 6 nitrogen and oxygen atoms in total. The zero-order valence-corrected chi connectivity index (χ0v) is 31.2. The Labute approximate surface area is 335 Å². The first-order valence-electron chi connectivity index (χ1n) is 20.0. The number of para-hydroxylation sites is 6. The molecule has 3 aliphatic rings. The van der Waals surface area contributed by atoms with Gasteiger partial charge >= 0.3 is 6.85 Å². The van der Waals surface area contributed by atoms with E-state index in [1.54, 1.807) is 0 Å². The van der Waals surface area contributed by atoms with Gasteiger partial charge in [0.2, 0.25) is 0 Å². The highest BCUT2D eigenvalue weighted by Crippen LogP contribution is 2.55. The van der Waals surface area contributed by atoms with Crippen LogP contribution in [0.1, 0.15) is 0 Å². The summed E-state index contributed by atoms with van der Waals surface area (Å²) in [4.78, 5) is 2.50. The summed E-state index contributed by atoms with van der Waals surface area (Å²) in [5, 5.41) is 9.27. The molecule has 0 saturated carbocycles. The van der Waals surface area contributed by atoms with Crippen LogP contribution in [0.2, 0.25) is 0 Å². The van der Waals surface area contributed by atoms with Gasteiger partial charge in [-0.15, -0.1) is 0 Å². The van der Waals surface area contributed by atoms with Crippen LogP contribution >= 0.6 is 0 Å². The van der Waals surface area contributed by atoms with E-state index in [0.29, 0.717) is 23.0 Å². The van der Waals surface area contributed by atoms with E-state index in [1.807, 2.05) is 30.3 Å². The lowest BCUT2D eigenvalue weighted by molar-refractivity contribution is 0.360. The zero-order valence-electron chi connectivity index (χ0n) is 31.2. The van der Waals surface area contributed by atoms with Crippen LogP contribution in [0, 0.1) is 0 Å². The van der Waals surface area contributed by atoms with Crippen molar-refractivity contribution in [2.24, 2.45) is 0 Å². The SMILES string of the molecule is c1ccc2c(c1)Oc1cc3c(cc1O2)N(c1cccc2c1oc1ccccc12)B1c2c-3cc3oc4ccccc4c3c2-n2c3ccc4ccccc4c3c3cccc1c32. The number of fused-ring (bicyclic) bond motifs is 18. The molecule has 0 spiro atoms. The second-order valence-electron chi connectivity index (χ2n) is 15.9. The van der Waals surface area contributed by atoms with Crippen LogP contribution in [0.5, 0.6) is 23.0 Å². The van der Waals surface area contributed by atoms with E-state index >= 15 is 0 Å². The maximum Gasteiger partial charge on any atom is 0.333 e. The molecule has 0 fully saturated rings. The van der Waals surface area contributed by atoms with Gasteiger partial charge in [0, 0.05) is 44.2 Å². The molecule has 0 radical (unpaired) electrons. The summed E-state index contributed by atoms with van der Waals surface area (Å²) in [7, 11) is 0. The van der Waals surface area contributed by atoms with Crippen molar-refractivity contribution in [3.05, 3.63) is 164 Å². The van der Waals surface area contributed by atoms with E-state index in [0.717, 1.165) is 72.1 Å². The van der Waals surface area contributed by atoms with Gasteiger partial charge < -0.3 is 27.7 Å². The first-order chi connectivity index (χ1) is 29.3. The summed E-state index contributed by atoms with van der Waals surface area (Å²) in [5.41, 5.74) is 13.4. The van der Waals surface area contributed by atoms with E-state index in [9.17, 15) is 0 Å². The van der Waals surface area contributed by atoms with Crippen molar-refractivity contribution in [3.63, 3.8) is 0 Å². The monoisotopic (exact) mass is 754 g/mol. The molecule has 59 heavy (non-hydrogen) atoms. The first-order valence-corrected chi connectivity index (χ1v) is 20.0. The van der Waals surface area contributed by atoms with Crippen LogP contribution in [-0.4, -0.2) is 11.4 Å². The number of hydrogen-bond acceptors (Lipinski definition) is 5. The molecule has 0 N–H and O–H groups in total. The molecular weight excluding hydrogens is 727 g/mol. The molecule has 3 aromatic heterocycles. The predicted molar refractivity (Wildman–Crippen MR) is 238 cm³/mol. The van der Waals surface area contributed by atoms with Gasteiger partial charge in [0.1, 0.15) is 16.7 Å². The Kier molecular flexibility index (Phi) is 5.40. The Hall–Kier alpha value is -7.90. The van der Waals surface area contributed by atoms with Gasteiger partial charge in [-0.2, -0.15) is 0 Å². The highest BCUT2D eigenvalue weighted by molar-refractivity contribution is 6.94. The van der Waals surface area contributed by atoms with Gasteiger partial charge in [-0.25, -0.2) is 0 Å². The second-order valence-corrected chi connectivity index (χ2v) is 15.9. The molecule has 15 rings (SSSR count).